The second kappa shape index (κ2) is 10.8. The van der Waals surface area contributed by atoms with Crippen LogP contribution in [0.4, 0.5) is 0 Å². The van der Waals surface area contributed by atoms with Crippen LogP contribution in [0.1, 0.15) is 19.3 Å². The average molecular weight is 225 g/mol. The van der Waals surface area contributed by atoms with E-state index in [1.807, 2.05) is 0 Å². The molecule has 0 aliphatic rings. The van der Waals surface area contributed by atoms with E-state index in [9.17, 15) is 0 Å². The zero-order chi connectivity index (χ0) is 5.54. The predicted molar refractivity (Wildman–Crippen MR) is 33.6 cm³/mol. The summed E-state index contributed by atoms with van der Waals surface area (Å²) >= 11 is 5.40. The second-order valence-electron chi connectivity index (χ2n) is 1.54. The van der Waals surface area contributed by atoms with Crippen molar-refractivity contribution in [3.05, 3.63) is 0 Å². The Labute approximate surface area is 68.7 Å². The van der Waals surface area contributed by atoms with E-state index in [4.69, 9.17) is 17.3 Å². The first-order valence-electron chi connectivity index (χ1n) is 2.68. The van der Waals surface area contributed by atoms with Crippen molar-refractivity contribution in [1.29, 1.82) is 0 Å². The molecule has 0 saturated heterocycles. The molecule has 0 spiro atoms. The molecule has 0 unspecified atom stereocenters. The SMILES string of the molecule is NCCCCCCl.[Rh]. The summed E-state index contributed by atoms with van der Waals surface area (Å²) in [6, 6.07) is 0. The second-order valence-corrected chi connectivity index (χ2v) is 1.92. The summed E-state index contributed by atoms with van der Waals surface area (Å²) in [7, 11) is 0. The Hall–Kier alpha value is 0.873. The summed E-state index contributed by atoms with van der Waals surface area (Å²) in [5.41, 5.74) is 5.23. The summed E-state index contributed by atoms with van der Waals surface area (Å²) in [4.78, 5) is 0. The fourth-order valence-corrected chi connectivity index (χ4v) is 0.605. The quantitative estimate of drug-likeness (QED) is 0.435. The number of unbranched alkanes of at least 4 members (excludes halogenated alkanes) is 2. The standard InChI is InChI=1S/C5H12ClN.Rh/c6-4-2-1-3-5-7;/h1-5,7H2;. The van der Waals surface area contributed by atoms with Crippen molar-refractivity contribution < 1.29 is 19.5 Å². The fourth-order valence-electron chi connectivity index (χ4n) is 0.416. The zero-order valence-electron chi connectivity index (χ0n) is 4.82. The van der Waals surface area contributed by atoms with Gasteiger partial charge in [0.05, 0.1) is 0 Å². The average Bonchev–Trinajstić information content (AvgIpc) is 1.69. The molecule has 0 atom stereocenters. The van der Waals surface area contributed by atoms with E-state index < -0.39 is 0 Å². The van der Waals surface area contributed by atoms with Crippen molar-refractivity contribution in [3.63, 3.8) is 0 Å². The van der Waals surface area contributed by atoms with Crippen LogP contribution in [-0.4, -0.2) is 12.4 Å². The Bertz CT molecular complexity index is 31.6. The molecule has 53 valence electrons. The van der Waals surface area contributed by atoms with Crippen LogP contribution in [0, 0.1) is 0 Å². The normalized spacial score (nSPS) is 8.25. The molecular weight excluding hydrogens is 212 g/mol. The minimum absolute atomic E-state index is 0. The minimum Gasteiger partial charge on any atom is -0.330 e. The summed E-state index contributed by atoms with van der Waals surface area (Å²) in [5.74, 6) is 0.778. The van der Waals surface area contributed by atoms with Crippen LogP contribution in [0.3, 0.4) is 0 Å². The Morgan fingerprint density at radius 2 is 1.75 bits per heavy atom. The first-order chi connectivity index (χ1) is 3.41. The molecule has 0 aliphatic heterocycles. The van der Waals surface area contributed by atoms with E-state index in [1.165, 1.54) is 6.42 Å². The van der Waals surface area contributed by atoms with E-state index in [0.29, 0.717) is 0 Å². The monoisotopic (exact) mass is 224 g/mol. The molecule has 0 heterocycles. The topological polar surface area (TPSA) is 26.0 Å². The van der Waals surface area contributed by atoms with Gasteiger partial charge in [-0.05, 0) is 19.4 Å². The molecule has 0 aromatic rings. The molecule has 0 amide bonds. The predicted octanol–water partition coefficient (Wildman–Crippen LogP) is 1.35. The van der Waals surface area contributed by atoms with Crippen molar-refractivity contribution in [2.24, 2.45) is 5.73 Å². The molecule has 1 nitrogen and oxygen atoms in total. The molecule has 0 bridgehead atoms. The maximum atomic E-state index is 5.40. The number of halogens is 1. The van der Waals surface area contributed by atoms with Crippen LogP contribution in [0.25, 0.3) is 0 Å². The van der Waals surface area contributed by atoms with Crippen molar-refractivity contribution >= 4 is 11.6 Å². The van der Waals surface area contributed by atoms with Gasteiger partial charge < -0.3 is 5.73 Å². The summed E-state index contributed by atoms with van der Waals surface area (Å²) < 4.78 is 0. The van der Waals surface area contributed by atoms with Crippen LogP contribution < -0.4 is 5.73 Å². The number of nitrogens with two attached hydrogens (primary N) is 1. The molecule has 0 saturated carbocycles. The number of hydrogen-bond acceptors (Lipinski definition) is 1. The molecule has 3 heteroatoms. The zero-order valence-corrected chi connectivity index (χ0v) is 7.22. The number of alkyl halides is 1. The number of hydrogen-bond donors (Lipinski definition) is 1. The van der Waals surface area contributed by atoms with Gasteiger partial charge in [-0.1, -0.05) is 6.42 Å². The molecule has 0 fully saturated rings. The first-order valence-corrected chi connectivity index (χ1v) is 3.21. The van der Waals surface area contributed by atoms with Crippen LogP contribution in [0.15, 0.2) is 0 Å². The third-order valence-corrected chi connectivity index (χ3v) is 1.11. The Morgan fingerprint density at radius 3 is 2.12 bits per heavy atom. The van der Waals surface area contributed by atoms with E-state index in [1.54, 1.807) is 0 Å². The van der Waals surface area contributed by atoms with Crippen molar-refractivity contribution in [2.45, 2.75) is 19.3 Å². The van der Waals surface area contributed by atoms with Gasteiger partial charge in [0.2, 0.25) is 0 Å². The van der Waals surface area contributed by atoms with Gasteiger partial charge in [-0.15, -0.1) is 11.6 Å². The minimum atomic E-state index is 0. The smallest absolute Gasteiger partial charge is 0.0223 e. The van der Waals surface area contributed by atoms with E-state index in [2.05, 4.69) is 0 Å². The van der Waals surface area contributed by atoms with E-state index in [0.717, 1.165) is 25.3 Å². The summed E-state index contributed by atoms with van der Waals surface area (Å²) in [5, 5.41) is 0. The third kappa shape index (κ3) is 9.98. The summed E-state index contributed by atoms with van der Waals surface area (Å²) in [6.07, 6.45) is 3.41. The Balaban J connectivity index is 0. The van der Waals surface area contributed by atoms with Crippen molar-refractivity contribution in [2.75, 3.05) is 12.4 Å². The van der Waals surface area contributed by atoms with Gasteiger partial charge in [-0.3, -0.25) is 0 Å². The Kier molecular flexibility index (Phi) is 15.7. The van der Waals surface area contributed by atoms with Gasteiger partial charge in [0.1, 0.15) is 0 Å². The van der Waals surface area contributed by atoms with E-state index in [-0.39, 0.29) is 19.5 Å². The molecule has 0 aromatic carbocycles. The first kappa shape index (κ1) is 11.6. The molecule has 2 N–H and O–H groups in total. The van der Waals surface area contributed by atoms with Gasteiger partial charge in [0.25, 0.3) is 0 Å². The van der Waals surface area contributed by atoms with Gasteiger partial charge in [0.15, 0.2) is 0 Å². The molecule has 0 rings (SSSR count). The largest absolute Gasteiger partial charge is 0.330 e. The van der Waals surface area contributed by atoms with Crippen LogP contribution >= 0.6 is 11.6 Å². The van der Waals surface area contributed by atoms with Gasteiger partial charge in [0, 0.05) is 25.4 Å². The van der Waals surface area contributed by atoms with Gasteiger partial charge >= 0.3 is 0 Å². The molecule has 0 aliphatic carbocycles. The molecule has 1 radical (unpaired) electrons. The maximum absolute atomic E-state index is 5.40. The number of rotatable bonds is 4. The Morgan fingerprint density at radius 1 is 1.12 bits per heavy atom. The molecule has 0 aromatic heterocycles. The molecular formula is C5H12ClNRh. The van der Waals surface area contributed by atoms with Gasteiger partial charge in [-0.2, -0.15) is 0 Å². The van der Waals surface area contributed by atoms with Crippen LogP contribution in [-0.2, 0) is 19.5 Å². The molecule has 8 heavy (non-hydrogen) atoms. The van der Waals surface area contributed by atoms with Crippen LogP contribution in [0.2, 0.25) is 0 Å². The van der Waals surface area contributed by atoms with E-state index >= 15 is 0 Å². The van der Waals surface area contributed by atoms with Crippen molar-refractivity contribution in [1.82, 2.24) is 0 Å². The van der Waals surface area contributed by atoms with Gasteiger partial charge in [-0.25, -0.2) is 0 Å². The fraction of sp³-hybridized carbons (Fsp3) is 1.00. The van der Waals surface area contributed by atoms with Crippen molar-refractivity contribution in [3.8, 4) is 0 Å². The summed E-state index contributed by atoms with van der Waals surface area (Å²) in [6.45, 7) is 0.802. The third-order valence-electron chi connectivity index (χ3n) is 0.838. The maximum Gasteiger partial charge on any atom is 0.0223 e. The van der Waals surface area contributed by atoms with Crippen LogP contribution in [0.5, 0.6) is 0 Å².